The number of nitrogens with one attached hydrogen (secondary N) is 1. The van der Waals surface area contributed by atoms with Crippen LogP contribution in [0.1, 0.15) is 48.4 Å². The van der Waals surface area contributed by atoms with Gasteiger partial charge in [-0.15, -0.1) is 0 Å². The van der Waals surface area contributed by atoms with Gasteiger partial charge in [-0.2, -0.15) is 0 Å². The Morgan fingerprint density at radius 3 is 2.57 bits per heavy atom. The average Bonchev–Trinajstić information content (AvgIpc) is 3.58. The minimum Gasteiger partial charge on any atom is -0.481 e. The van der Waals surface area contributed by atoms with Crippen molar-refractivity contribution in [3.8, 4) is 0 Å². The van der Waals surface area contributed by atoms with Gasteiger partial charge >= 0.3 is 12.0 Å². The summed E-state index contributed by atoms with van der Waals surface area (Å²) in [5.41, 5.74) is 2.01. The van der Waals surface area contributed by atoms with Crippen molar-refractivity contribution in [2.75, 3.05) is 6.54 Å². The van der Waals surface area contributed by atoms with Crippen molar-refractivity contribution in [2.24, 2.45) is 5.92 Å². The second-order valence-corrected chi connectivity index (χ2v) is 9.87. The number of carbonyl (C=O) groups is 4. The molecule has 0 bridgehead atoms. The number of hydrogen-bond acceptors (Lipinski definition) is 4. The number of carbonyl (C=O) groups excluding carboxylic acids is 3. The maximum absolute atomic E-state index is 13.6. The molecule has 8 nitrogen and oxygen atoms in total. The van der Waals surface area contributed by atoms with Crippen LogP contribution in [0.4, 0.5) is 4.79 Å². The number of amides is 4. The zero-order chi connectivity index (χ0) is 24.7. The van der Waals surface area contributed by atoms with E-state index in [1.807, 2.05) is 37.3 Å². The van der Waals surface area contributed by atoms with E-state index in [4.69, 9.17) is 5.11 Å². The number of carboxylic acid groups (broad SMARTS) is 1. The Bertz CT molecular complexity index is 1190. The third-order valence-electron chi connectivity index (χ3n) is 7.54. The SMILES string of the molecule is CC(C1CC1)N(Cc1ccccc1)C(=O)CN1C(=O)NC2(CCc3cc(CC(=O)O)ccc32)C1=O. The number of aliphatic carboxylic acids is 1. The van der Waals surface area contributed by atoms with Gasteiger partial charge < -0.3 is 15.3 Å². The van der Waals surface area contributed by atoms with Crippen molar-refractivity contribution in [1.29, 1.82) is 0 Å². The fraction of sp³-hybridized carbons (Fsp3) is 0.407. The van der Waals surface area contributed by atoms with Crippen LogP contribution in [0.5, 0.6) is 0 Å². The molecule has 3 aliphatic rings. The van der Waals surface area contributed by atoms with Gasteiger partial charge in [0.15, 0.2) is 0 Å². The normalized spacial score (nSPS) is 21.7. The van der Waals surface area contributed by atoms with Gasteiger partial charge in [0, 0.05) is 12.6 Å². The number of urea groups is 1. The lowest BCUT2D eigenvalue weighted by molar-refractivity contribution is -0.141. The summed E-state index contributed by atoms with van der Waals surface area (Å²) in [5, 5.41) is 11.9. The molecule has 8 heteroatoms. The molecule has 5 rings (SSSR count). The van der Waals surface area contributed by atoms with Crippen LogP contribution in [-0.4, -0.2) is 51.3 Å². The van der Waals surface area contributed by atoms with Gasteiger partial charge in [0.05, 0.1) is 6.42 Å². The first-order valence-corrected chi connectivity index (χ1v) is 12.1. The van der Waals surface area contributed by atoms with E-state index in [0.717, 1.165) is 28.9 Å². The first kappa shape index (κ1) is 23.1. The van der Waals surface area contributed by atoms with Gasteiger partial charge in [-0.05, 0) is 60.8 Å². The molecule has 2 N–H and O–H groups in total. The Hall–Kier alpha value is -3.68. The number of aryl methyl sites for hydroxylation is 1. The van der Waals surface area contributed by atoms with Crippen LogP contribution in [-0.2, 0) is 39.3 Å². The molecule has 1 saturated carbocycles. The third-order valence-corrected chi connectivity index (χ3v) is 7.54. The maximum atomic E-state index is 13.6. The van der Waals surface area contributed by atoms with Crippen LogP contribution in [0.3, 0.4) is 0 Å². The third kappa shape index (κ3) is 4.29. The van der Waals surface area contributed by atoms with E-state index < -0.39 is 23.4 Å². The van der Waals surface area contributed by atoms with E-state index in [1.165, 1.54) is 0 Å². The van der Waals surface area contributed by atoms with Crippen molar-refractivity contribution in [1.82, 2.24) is 15.1 Å². The summed E-state index contributed by atoms with van der Waals surface area (Å²) in [7, 11) is 0. The molecule has 35 heavy (non-hydrogen) atoms. The lowest BCUT2D eigenvalue weighted by Gasteiger charge is -2.31. The van der Waals surface area contributed by atoms with Crippen LogP contribution in [0.2, 0.25) is 0 Å². The number of benzene rings is 2. The van der Waals surface area contributed by atoms with Crippen molar-refractivity contribution in [3.05, 3.63) is 70.8 Å². The quantitative estimate of drug-likeness (QED) is 0.571. The summed E-state index contributed by atoms with van der Waals surface area (Å²) < 4.78 is 0. The molecule has 1 heterocycles. The largest absolute Gasteiger partial charge is 0.481 e. The van der Waals surface area contributed by atoms with Gasteiger partial charge in [-0.1, -0.05) is 48.5 Å². The highest BCUT2D eigenvalue weighted by molar-refractivity contribution is 6.10. The summed E-state index contributed by atoms with van der Waals surface area (Å²) >= 11 is 0. The number of imide groups is 1. The molecule has 2 unspecified atom stereocenters. The smallest absolute Gasteiger partial charge is 0.325 e. The molecule has 2 fully saturated rings. The van der Waals surface area contributed by atoms with Crippen molar-refractivity contribution >= 4 is 23.8 Å². The van der Waals surface area contributed by atoms with Crippen molar-refractivity contribution < 1.29 is 24.3 Å². The highest BCUT2D eigenvalue weighted by atomic mass is 16.4. The first-order valence-electron chi connectivity index (χ1n) is 12.1. The van der Waals surface area contributed by atoms with E-state index in [2.05, 4.69) is 5.32 Å². The molecule has 2 aliphatic carbocycles. The second kappa shape index (κ2) is 8.83. The average molecular weight is 476 g/mol. The minimum atomic E-state index is -1.19. The monoisotopic (exact) mass is 475 g/mol. The fourth-order valence-corrected chi connectivity index (χ4v) is 5.43. The molecule has 1 aliphatic heterocycles. The van der Waals surface area contributed by atoms with Gasteiger partial charge in [-0.25, -0.2) is 4.79 Å². The van der Waals surface area contributed by atoms with E-state index in [1.54, 1.807) is 23.1 Å². The molecule has 2 atom stereocenters. The van der Waals surface area contributed by atoms with E-state index in [0.29, 0.717) is 36.4 Å². The zero-order valence-electron chi connectivity index (χ0n) is 19.7. The Balaban J connectivity index is 1.36. The number of rotatable bonds is 8. The summed E-state index contributed by atoms with van der Waals surface area (Å²) in [6, 6.07) is 14.4. The van der Waals surface area contributed by atoms with E-state index in [9.17, 15) is 19.2 Å². The molecular formula is C27H29N3O5. The molecule has 0 aromatic heterocycles. The summed E-state index contributed by atoms with van der Waals surface area (Å²) in [4.78, 5) is 53.9. The molecule has 182 valence electrons. The van der Waals surface area contributed by atoms with E-state index in [-0.39, 0.29) is 24.9 Å². The van der Waals surface area contributed by atoms with Crippen LogP contribution in [0.15, 0.2) is 48.5 Å². The lowest BCUT2D eigenvalue weighted by Crippen LogP contribution is -2.47. The Labute approximate surface area is 203 Å². The summed E-state index contributed by atoms with van der Waals surface area (Å²) in [6.45, 7) is 2.16. The second-order valence-electron chi connectivity index (χ2n) is 9.87. The van der Waals surface area contributed by atoms with Gasteiger partial charge in [0.2, 0.25) is 5.91 Å². The molecular weight excluding hydrogens is 446 g/mol. The molecule has 2 aromatic rings. The number of fused-ring (bicyclic) bond motifs is 2. The van der Waals surface area contributed by atoms with Crippen molar-refractivity contribution in [2.45, 2.75) is 57.2 Å². The summed E-state index contributed by atoms with van der Waals surface area (Å²) in [5.74, 6) is -1.14. The number of nitrogens with zero attached hydrogens (tertiary/aromatic N) is 2. The number of carboxylic acids is 1. The van der Waals surface area contributed by atoms with Gasteiger partial charge in [0.25, 0.3) is 5.91 Å². The fourth-order valence-electron chi connectivity index (χ4n) is 5.43. The predicted molar refractivity (Wildman–Crippen MR) is 127 cm³/mol. The standard InChI is InChI=1S/C27H29N3O5/c1-17(20-8-9-20)29(15-18-5-3-2-4-6-18)23(31)16-30-25(34)27(28-26(30)35)12-11-21-13-19(14-24(32)33)7-10-22(21)27/h2-7,10,13,17,20H,8-9,11-12,14-16H2,1H3,(H,28,35)(H,32,33). The molecule has 1 spiro atoms. The summed E-state index contributed by atoms with van der Waals surface area (Å²) in [6.07, 6.45) is 2.99. The first-order chi connectivity index (χ1) is 16.8. The number of hydrogen-bond donors (Lipinski definition) is 2. The highest BCUT2D eigenvalue weighted by Gasteiger charge is 2.56. The van der Waals surface area contributed by atoms with Crippen LogP contribution in [0.25, 0.3) is 0 Å². The van der Waals surface area contributed by atoms with Crippen LogP contribution >= 0.6 is 0 Å². The highest BCUT2D eigenvalue weighted by Crippen LogP contribution is 2.42. The topological polar surface area (TPSA) is 107 Å². The van der Waals surface area contributed by atoms with Gasteiger partial charge in [0.1, 0.15) is 12.1 Å². The Morgan fingerprint density at radius 1 is 1.14 bits per heavy atom. The lowest BCUT2D eigenvalue weighted by atomic mass is 9.91. The van der Waals surface area contributed by atoms with Crippen LogP contribution < -0.4 is 5.32 Å². The maximum Gasteiger partial charge on any atom is 0.325 e. The zero-order valence-corrected chi connectivity index (χ0v) is 19.7. The molecule has 1 saturated heterocycles. The molecule has 4 amide bonds. The van der Waals surface area contributed by atoms with Crippen molar-refractivity contribution in [3.63, 3.8) is 0 Å². The molecule has 2 aromatic carbocycles. The van der Waals surface area contributed by atoms with E-state index >= 15 is 0 Å². The minimum absolute atomic E-state index is 0.0253. The van der Waals surface area contributed by atoms with Gasteiger partial charge in [-0.3, -0.25) is 19.3 Å². The molecule has 0 radical (unpaired) electrons. The van der Waals surface area contributed by atoms with Crippen LogP contribution in [0, 0.1) is 5.92 Å². The predicted octanol–water partition coefficient (Wildman–Crippen LogP) is 2.83. The Kier molecular flexibility index (Phi) is 5.83. The Morgan fingerprint density at radius 2 is 1.89 bits per heavy atom.